The zero-order valence-electron chi connectivity index (χ0n) is 29.3. The van der Waals surface area contributed by atoms with Crippen LogP contribution in [0, 0.1) is 16.9 Å². The van der Waals surface area contributed by atoms with E-state index in [1.807, 2.05) is 72.1 Å². The first-order chi connectivity index (χ1) is 21.8. The van der Waals surface area contributed by atoms with Gasteiger partial charge in [0, 0.05) is 66.7 Å². The third kappa shape index (κ3) is 8.47. The summed E-state index contributed by atoms with van der Waals surface area (Å²) >= 11 is 0. The Bertz CT molecular complexity index is 1840. The van der Waals surface area contributed by atoms with Gasteiger partial charge in [-0.2, -0.15) is 0 Å². The number of furan rings is 1. The molecule has 6 heteroatoms. The fourth-order valence-corrected chi connectivity index (χ4v) is 5.43. The van der Waals surface area contributed by atoms with Crippen molar-refractivity contribution in [2.45, 2.75) is 93.4 Å². The smallest absolute Gasteiger partial charge is 0.164 e. The number of allylic oxidation sites excluding steroid dienone is 2. The number of rotatable bonds is 9. The van der Waals surface area contributed by atoms with E-state index in [1.54, 1.807) is 6.26 Å². The van der Waals surface area contributed by atoms with Crippen molar-refractivity contribution in [1.29, 1.82) is 0 Å². The standard InChI is InChI=1S/C26H21N2O.C15H28O2.Ir/c1-26(2,3)22-13-19(12-18-6-4-5-7-21(18)22)24-14-17(8-10-27-24)20-15-25-23(28-16-20)9-11-29-25;1-7-14(5,8-2)12(16)11-13(17)15(6,9-3)10-4;/h4-11,13-16H,1-3H3;11,16H,7-10H2,1-6H3;/q-1;;/b;12-11-;. The molecule has 1 radical (unpaired) electrons. The molecule has 0 atom stereocenters. The molecular weight excluding hydrogens is 761 g/mol. The zero-order valence-corrected chi connectivity index (χ0v) is 31.7. The first-order valence-electron chi connectivity index (χ1n) is 16.5. The molecule has 0 spiro atoms. The van der Waals surface area contributed by atoms with Crippen molar-refractivity contribution < 1.29 is 34.4 Å². The van der Waals surface area contributed by atoms with E-state index in [4.69, 9.17) is 4.42 Å². The third-order valence-corrected chi connectivity index (χ3v) is 9.86. The number of aliphatic hydroxyl groups excluding tert-OH is 1. The Labute approximate surface area is 294 Å². The van der Waals surface area contributed by atoms with E-state index >= 15 is 0 Å². The van der Waals surface area contributed by atoms with Gasteiger partial charge >= 0.3 is 0 Å². The molecule has 5 nitrogen and oxygen atoms in total. The van der Waals surface area contributed by atoms with E-state index < -0.39 is 0 Å². The van der Waals surface area contributed by atoms with Gasteiger partial charge in [-0.25, -0.2) is 0 Å². The summed E-state index contributed by atoms with van der Waals surface area (Å²) in [6.07, 6.45) is 10.1. The van der Waals surface area contributed by atoms with E-state index in [1.165, 1.54) is 17.0 Å². The molecule has 3 heterocycles. The summed E-state index contributed by atoms with van der Waals surface area (Å²) in [5.41, 5.74) is 6.33. The molecule has 0 saturated carbocycles. The van der Waals surface area contributed by atoms with E-state index in [9.17, 15) is 9.90 Å². The van der Waals surface area contributed by atoms with Crippen LogP contribution >= 0.6 is 0 Å². The van der Waals surface area contributed by atoms with Gasteiger partial charge in [0.1, 0.15) is 11.3 Å². The van der Waals surface area contributed by atoms with Crippen LogP contribution in [0.15, 0.2) is 89.5 Å². The maximum atomic E-state index is 12.2. The number of carbonyl (C=O) groups excluding carboxylic acids is 1. The van der Waals surface area contributed by atoms with Crippen molar-refractivity contribution >= 4 is 27.7 Å². The SMILES string of the molecule is CC(C)(C)c1cc(-c2cc(-c3cnc4ccoc4c3)ccn2)[c-]c2ccccc12.CCC(C)(CC)C(=O)/C=C(\O)C(C)(CC)CC.[Ir]. The molecule has 5 aromatic rings. The predicted octanol–water partition coefficient (Wildman–Crippen LogP) is 11.5. The average Bonchev–Trinajstić information content (AvgIpc) is 3.55. The van der Waals surface area contributed by atoms with E-state index in [2.05, 4.69) is 73.2 Å². The van der Waals surface area contributed by atoms with Gasteiger partial charge in [-0.15, -0.1) is 29.1 Å². The topological polar surface area (TPSA) is 76.2 Å². The van der Waals surface area contributed by atoms with Crippen molar-refractivity contribution in [2.24, 2.45) is 10.8 Å². The van der Waals surface area contributed by atoms with E-state index in [-0.39, 0.29) is 47.9 Å². The van der Waals surface area contributed by atoms with Crippen molar-refractivity contribution in [3.8, 4) is 22.4 Å². The third-order valence-electron chi connectivity index (χ3n) is 9.86. The van der Waals surface area contributed by atoms with Crippen LogP contribution < -0.4 is 0 Å². The van der Waals surface area contributed by atoms with Gasteiger partial charge in [-0.1, -0.05) is 97.5 Å². The minimum Gasteiger partial charge on any atom is -0.512 e. The van der Waals surface area contributed by atoms with E-state index in [0.717, 1.165) is 64.6 Å². The molecule has 2 aromatic carbocycles. The number of hydrogen-bond acceptors (Lipinski definition) is 5. The van der Waals surface area contributed by atoms with Gasteiger partial charge in [-0.3, -0.25) is 14.8 Å². The van der Waals surface area contributed by atoms with Crippen LogP contribution in [0.1, 0.15) is 93.6 Å². The number of hydrogen-bond donors (Lipinski definition) is 1. The molecular formula is C41H49IrN2O3-. The molecule has 0 saturated heterocycles. The Morgan fingerprint density at radius 1 is 0.851 bits per heavy atom. The molecule has 0 aliphatic rings. The maximum absolute atomic E-state index is 12.2. The van der Waals surface area contributed by atoms with Gasteiger partial charge in [0.05, 0.1) is 6.26 Å². The number of aromatic nitrogens is 2. The van der Waals surface area contributed by atoms with Gasteiger partial charge in [-0.05, 0) is 48.8 Å². The van der Waals surface area contributed by atoms with Crippen LogP contribution in [0.4, 0.5) is 0 Å². The normalized spacial score (nSPS) is 12.4. The van der Waals surface area contributed by atoms with Crippen LogP contribution in [-0.4, -0.2) is 20.9 Å². The molecule has 47 heavy (non-hydrogen) atoms. The first kappa shape index (κ1) is 37.9. The van der Waals surface area contributed by atoms with Gasteiger partial charge in [0.2, 0.25) is 0 Å². The molecule has 0 unspecified atom stereocenters. The quantitative estimate of drug-likeness (QED) is 0.0912. The minimum atomic E-state index is -0.337. The molecule has 5 rings (SSSR count). The summed E-state index contributed by atoms with van der Waals surface area (Å²) in [5, 5.41) is 12.5. The molecule has 3 aromatic heterocycles. The first-order valence-corrected chi connectivity index (χ1v) is 16.5. The molecule has 0 bridgehead atoms. The van der Waals surface area contributed by atoms with Crippen molar-refractivity contribution in [3.63, 3.8) is 0 Å². The minimum absolute atomic E-state index is 0. The number of benzene rings is 2. The summed E-state index contributed by atoms with van der Waals surface area (Å²) in [7, 11) is 0. The molecule has 1 N–H and O–H groups in total. The largest absolute Gasteiger partial charge is 0.512 e. The molecule has 0 aliphatic heterocycles. The van der Waals surface area contributed by atoms with Gasteiger partial charge in [0.15, 0.2) is 11.4 Å². The van der Waals surface area contributed by atoms with Crippen molar-refractivity contribution in [2.75, 3.05) is 0 Å². The second-order valence-electron chi connectivity index (χ2n) is 13.8. The monoisotopic (exact) mass is 810 g/mol. The van der Waals surface area contributed by atoms with Crippen LogP contribution in [0.2, 0.25) is 0 Å². The number of aliphatic hydroxyl groups is 1. The Hall–Kier alpha value is -3.60. The van der Waals surface area contributed by atoms with Gasteiger partial charge < -0.3 is 9.52 Å². The Balaban J connectivity index is 0.000000290. The summed E-state index contributed by atoms with van der Waals surface area (Å²) < 4.78 is 5.51. The Kier molecular flexibility index (Phi) is 12.5. The van der Waals surface area contributed by atoms with E-state index in [0.29, 0.717) is 0 Å². The molecule has 251 valence electrons. The number of nitrogens with zero attached hydrogens (tertiary/aromatic N) is 2. The fourth-order valence-electron chi connectivity index (χ4n) is 5.43. The predicted molar refractivity (Wildman–Crippen MR) is 191 cm³/mol. The molecule has 0 aliphatic carbocycles. The number of fused-ring (bicyclic) bond motifs is 2. The van der Waals surface area contributed by atoms with Gasteiger partial charge in [0.25, 0.3) is 0 Å². The molecule has 0 amide bonds. The Morgan fingerprint density at radius 2 is 1.51 bits per heavy atom. The fraction of sp³-hybridized carbons (Fsp3) is 0.390. The second-order valence-corrected chi connectivity index (χ2v) is 13.8. The van der Waals surface area contributed by atoms with Crippen molar-refractivity contribution in [1.82, 2.24) is 9.97 Å². The van der Waals surface area contributed by atoms with Crippen LogP contribution in [0.25, 0.3) is 44.3 Å². The maximum Gasteiger partial charge on any atom is 0.164 e. The number of ketones is 1. The number of pyridine rings is 2. The Morgan fingerprint density at radius 3 is 2.15 bits per heavy atom. The zero-order chi connectivity index (χ0) is 33.7. The average molecular weight is 810 g/mol. The second kappa shape index (κ2) is 15.5. The molecule has 0 fully saturated rings. The summed E-state index contributed by atoms with van der Waals surface area (Å²) in [6.45, 7) is 18.8. The van der Waals surface area contributed by atoms with Crippen molar-refractivity contribution in [3.05, 3.63) is 96.7 Å². The van der Waals surface area contributed by atoms with Crippen LogP contribution in [0.5, 0.6) is 0 Å². The summed E-state index contributed by atoms with van der Waals surface area (Å²) in [4.78, 5) is 21.3. The summed E-state index contributed by atoms with van der Waals surface area (Å²) in [6, 6.07) is 22.2. The number of carbonyl (C=O) groups is 1. The summed E-state index contributed by atoms with van der Waals surface area (Å²) in [5.74, 6) is 0.286. The van der Waals surface area contributed by atoms with Crippen LogP contribution in [-0.2, 0) is 30.3 Å². The van der Waals surface area contributed by atoms with Crippen LogP contribution in [0.3, 0.4) is 0 Å².